The second-order valence-corrected chi connectivity index (χ2v) is 5.64. The molecule has 3 aromatic rings. The van der Waals surface area contributed by atoms with E-state index in [0.29, 0.717) is 5.56 Å². The van der Waals surface area contributed by atoms with Crippen molar-refractivity contribution >= 4 is 11.9 Å². The molecule has 0 aromatic heterocycles. The van der Waals surface area contributed by atoms with Crippen LogP contribution in [0.1, 0.15) is 26.3 Å². The van der Waals surface area contributed by atoms with Crippen LogP contribution in [0.15, 0.2) is 72.8 Å². The third-order valence-corrected chi connectivity index (χ3v) is 3.63. The standard InChI is InChI=1S/C21H16O5/c1-14-9-11-15(12-10-14)20(23)26-19-8-3-2-7-18(19)21(24)25-17-6-4-5-16(22)13-17/h2-13,22H,1H3. The number of aryl methyl sites for hydroxylation is 1. The number of carbonyl (C=O) groups excluding carboxylic acids is 2. The third kappa shape index (κ3) is 4.08. The summed E-state index contributed by atoms with van der Waals surface area (Å²) in [5.74, 6) is -0.988. The van der Waals surface area contributed by atoms with Gasteiger partial charge in [-0.15, -0.1) is 0 Å². The lowest BCUT2D eigenvalue weighted by Gasteiger charge is -2.10. The average molecular weight is 348 g/mol. The maximum atomic E-state index is 12.4. The van der Waals surface area contributed by atoms with Crippen LogP contribution in [0.3, 0.4) is 0 Å². The number of benzene rings is 3. The molecule has 5 nitrogen and oxygen atoms in total. The predicted octanol–water partition coefficient (Wildman–Crippen LogP) is 4.14. The number of carbonyl (C=O) groups is 2. The van der Waals surface area contributed by atoms with Crippen LogP contribution in [0.4, 0.5) is 0 Å². The summed E-state index contributed by atoms with van der Waals surface area (Å²) in [4.78, 5) is 24.7. The molecule has 3 rings (SSSR count). The minimum atomic E-state index is -0.692. The molecule has 0 radical (unpaired) electrons. The molecule has 3 aromatic carbocycles. The zero-order valence-corrected chi connectivity index (χ0v) is 14.0. The maximum absolute atomic E-state index is 12.4. The Labute approximate surface area is 150 Å². The first kappa shape index (κ1) is 17.2. The van der Waals surface area contributed by atoms with Gasteiger partial charge in [0.15, 0.2) is 0 Å². The van der Waals surface area contributed by atoms with Crippen molar-refractivity contribution in [3.63, 3.8) is 0 Å². The number of para-hydroxylation sites is 1. The molecule has 5 heteroatoms. The van der Waals surface area contributed by atoms with Crippen molar-refractivity contribution < 1.29 is 24.2 Å². The molecule has 26 heavy (non-hydrogen) atoms. The lowest BCUT2D eigenvalue weighted by molar-refractivity contribution is 0.0707. The van der Waals surface area contributed by atoms with Gasteiger partial charge >= 0.3 is 11.9 Å². The van der Waals surface area contributed by atoms with Crippen LogP contribution in [0, 0.1) is 6.92 Å². The van der Waals surface area contributed by atoms with Crippen LogP contribution in [0.25, 0.3) is 0 Å². The Kier molecular flexibility index (Phi) is 4.99. The first-order chi connectivity index (χ1) is 12.5. The number of esters is 2. The lowest BCUT2D eigenvalue weighted by atomic mass is 10.1. The van der Waals surface area contributed by atoms with Gasteiger partial charge in [-0.3, -0.25) is 0 Å². The molecular formula is C21H16O5. The number of ether oxygens (including phenoxy) is 2. The molecule has 0 fully saturated rings. The SMILES string of the molecule is Cc1ccc(C(=O)Oc2ccccc2C(=O)Oc2cccc(O)c2)cc1. The Morgan fingerprint density at radius 2 is 1.54 bits per heavy atom. The van der Waals surface area contributed by atoms with Crippen LogP contribution in [-0.2, 0) is 0 Å². The van der Waals surface area contributed by atoms with Crippen LogP contribution in [-0.4, -0.2) is 17.0 Å². The summed E-state index contributed by atoms with van der Waals surface area (Å²) in [7, 11) is 0. The molecule has 0 aliphatic rings. The number of rotatable bonds is 4. The van der Waals surface area contributed by atoms with Crippen molar-refractivity contribution in [3.8, 4) is 17.2 Å². The molecule has 0 bridgehead atoms. The molecule has 0 aliphatic carbocycles. The fourth-order valence-electron chi connectivity index (χ4n) is 2.28. The monoisotopic (exact) mass is 348 g/mol. The molecule has 0 amide bonds. The number of phenols is 1. The Balaban J connectivity index is 1.80. The number of phenolic OH excluding ortho intramolecular Hbond substituents is 1. The number of hydrogen-bond acceptors (Lipinski definition) is 5. The van der Waals surface area contributed by atoms with Crippen molar-refractivity contribution in [1.29, 1.82) is 0 Å². The average Bonchev–Trinajstić information content (AvgIpc) is 2.62. The summed E-state index contributed by atoms with van der Waals surface area (Å²) in [6.45, 7) is 1.92. The topological polar surface area (TPSA) is 72.8 Å². The maximum Gasteiger partial charge on any atom is 0.347 e. The van der Waals surface area contributed by atoms with Crippen LogP contribution in [0.5, 0.6) is 17.2 Å². The molecule has 0 heterocycles. The minimum absolute atomic E-state index is 0.0191. The van der Waals surface area contributed by atoms with Gasteiger partial charge in [-0.1, -0.05) is 35.9 Å². The van der Waals surface area contributed by atoms with E-state index < -0.39 is 11.9 Å². The smallest absolute Gasteiger partial charge is 0.347 e. The normalized spacial score (nSPS) is 10.2. The molecule has 0 spiro atoms. The van der Waals surface area contributed by atoms with E-state index in [2.05, 4.69) is 0 Å². The van der Waals surface area contributed by atoms with E-state index in [-0.39, 0.29) is 22.8 Å². The highest BCUT2D eigenvalue weighted by Crippen LogP contribution is 2.23. The van der Waals surface area contributed by atoms with Crippen molar-refractivity contribution in [1.82, 2.24) is 0 Å². The van der Waals surface area contributed by atoms with E-state index in [9.17, 15) is 14.7 Å². The van der Waals surface area contributed by atoms with Crippen molar-refractivity contribution in [2.75, 3.05) is 0 Å². The van der Waals surface area contributed by atoms with Gasteiger partial charge in [-0.05, 0) is 43.3 Å². The predicted molar refractivity (Wildman–Crippen MR) is 95.6 cm³/mol. The lowest BCUT2D eigenvalue weighted by Crippen LogP contribution is -2.14. The van der Waals surface area contributed by atoms with Gasteiger partial charge in [0.2, 0.25) is 0 Å². The Morgan fingerprint density at radius 3 is 2.27 bits per heavy atom. The molecule has 0 saturated heterocycles. The molecule has 130 valence electrons. The second kappa shape index (κ2) is 7.53. The molecular weight excluding hydrogens is 332 g/mol. The van der Waals surface area contributed by atoms with Crippen LogP contribution in [0.2, 0.25) is 0 Å². The summed E-state index contributed by atoms with van der Waals surface area (Å²) >= 11 is 0. The highest BCUT2D eigenvalue weighted by atomic mass is 16.5. The zero-order valence-electron chi connectivity index (χ0n) is 14.0. The van der Waals surface area contributed by atoms with Gasteiger partial charge < -0.3 is 14.6 Å². The number of aromatic hydroxyl groups is 1. The molecule has 0 saturated carbocycles. The molecule has 1 N–H and O–H groups in total. The van der Waals surface area contributed by atoms with Gasteiger partial charge in [0.05, 0.1) is 5.56 Å². The van der Waals surface area contributed by atoms with Gasteiger partial charge in [0.1, 0.15) is 22.8 Å². The van der Waals surface area contributed by atoms with Gasteiger partial charge in [0, 0.05) is 6.07 Å². The first-order valence-electron chi connectivity index (χ1n) is 7.92. The minimum Gasteiger partial charge on any atom is -0.508 e. The second-order valence-electron chi connectivity index (χ2n) is 5.64. The Hall–Kier alpha value is -3.60. The van der Waals surface area contributed by atoms with Crippen molar-refractivity contribution in [2.45, 2.75) is 6.92 Å². The zero-order chi connectivity index (χ0) is 18.5. The van der Waals surface area contributed by atoms with Crippen molar-refractivity contribution in [2.24, 2.45) is 0 Å². The summed E-state index contributed by atoms with van der Waals surface area (Å²) in [5.41, 5.74) is 1.51. The van der Waals surface area contributed by atoms with Gasteiger partial charge in [0.25, 0.3) is 0 Å². The molecule has 0 atom stereocenters. The molecule has 0 aliphatic heterocycles. The van der Waals surface area contributed by atoms with E-state index in [1.165, 1.54) is 24.3 Å². The highest BCUT2D eigenvalue weighted by molar-refractivity contribution is 5.97. The summed E-state index contributed by atoms with van der Waals surface area (Å²) in [5, 5.41) is 9.45. The highest BCUT2D eigenvalue weighted by Gasteiger charge is 2.18. The fraction of sp³-hybridized carbons (Fsp3) is 0.0476. The quantitative estimate of drug-likeness (QED) is 0.567. The van der Waals surface area contributed by atoms with Gasteiger partial charge in [-0.25, -0.2) is 9.59 Å². The van der Waals surface area contributed by atoms with E-state index in [4.69, 9.17) is 9.47 Å². The first-order valence-corrected chi connectivity index (χ1v) is 7.92. The largest absolute Gasteiger partial charge is 0.508 e. The van der Waals surface area contributed by atoms with Crippen molar-refractivity contribution in [3.05, 3.63) is 89.5 Å². The Bertz CT molecular complexity index is 945. The Morgan fingerprint density at radius 1 is 0.808 bits per heavy atom. The van der Waals surface area contributed by atoms with Crippen LogP contribution < -0.4 is 9.47 Å². The van der Waals surface area contributed by atoms with E-state index >= 15 is 0 Å². The summed E-state index contributed by atoms with van der Waals surface area (Å²) in [6, 6.07) is 19.1. The fourth-order valence-corrected chi connectivity index (χ4v) is 2.28. The van der Waals surface area contributed by atoms with E-state index in [1.807, 2.05) is 6.92 Å². The third-order valence-electron chi connectivity index (χ3n) is 3.63. The summed E-state index contributed by atoms with van der Waals surface area (Å²) < 4.78 is 10.6. The van der Waals surface area contributed by atoms with E-state index in [0.717, 1.165) is 5.56 Å². The van der Waals surface area contributed by atoms with Gasteiger partial charge in [-0.2, -0.15) is 0 Å². The summed E-state index contributed by atoms with van der Waals surface area (Å²) in [6.07, 6.45) is 0. The number of hydrogen-bond donors (Lipinski definition) is 1. The molecule has 0 unspecified atom stereocenters. The van der Waals surface area contributed by atoms with E-state index in [1.54, 1.807) is 48.5 Å². The van der Waals surface area contributed by atoms with Crippen LogP contribution >= 0.6 is 0 Å².